The minimum absolute atomic E-state index is 0. The molecular formula is C22H32ClN3O. The maximum Gasteiger partial charge on any atom is 0.234 e. The first-order valence-electron chi connectivity index (χ1n) is 9.80. The van der Waals surface area contributed by atoms with Crippen molar-refractivity contribution in [1.82, 2.24) is 15.5 Å². The van der Waals surface area contributed by atoms with E-state index in [-0.39, 0.29) is 24.4 Å². The summed E-state index contributed by atoms with van der Waals surface area (Å²) in [6, 6.07) is 14.8. The molecule has 1 unspecified atom stereocenters. The molecule has 1 fully saturated rings. The number of amides is 1. The quantitative estimate of drug-likeness (QED) is 0.757. The molecule has 0 radical (unpaired) electrons. The van der Waals surface area contributed by atoms with Gasteiger partial charge in [0.1, 0.15) is 0 Å². The predicted molar refractivity (Wildman–Crippen MR) is 115 cm³/mol. The highest BCUT2D eigenvalue weighted by Crippen LogP contribution is 2.21. The lowest BCUT2D eigenvalue weighted by Gasteiger charge is -2.31. The molecule has 148 valence electrons. The highest BCUT2D eigenvalue weighted by molar-refractivity contribution is 5.85. The maximum absolute atomic E-state index is 12.4. The molecule has 27 heavy (non-hydrogen) atoms. The van der Waals surface area contributed by atoms with E-state index in [0.717, 1.165) is 31.1 Å². The number of benzene rings is 2. The largest absolute Gasteiger partial charge is 0.348 e. The van der Waals surface area contributed by atoms with Crippen LogP contribution in [0, 0.1) is 5.92 Å². The van der Waals surface area contributed by atoms with Gasteiger partial charge in [-0.1, -0.05) is 36.4 Å². The Morgan fingerprint density at radius 1 is 1.15 bits per heavy atom. The van der Waals surface area contributed by atoms with Crippen LogP contribution < -0.4 is 10.6 Å². The van der Waals surface area contributed by atoms with Crippen LogP contribution in [0.15, 0.2) is 42.5 Å². The first-order valence-corrected chi connectivity index (χ1v) is 9.80. The van der Waals surface area contributed by atoms with E-state index in [2.05, 4.69) is 64.9 Å². The Labute approximate surface area is 169 Å². The van der Waals surface area contributed by atoms with Crippen LogP contribution in [0.5, 0.6) is 0 Å². The number of piperidine rings is 1. The number of nitrogens with zero attached hydrogens (tertiary/aromatic N) is 1. The zero-order valence-corrected chi connectivity index (χ0v) is 17.2. The molecule has 1 amide bonds. The van der Waals surface area contributed by atoms with Crippen LogP contribution in [0.25, 0.3) is 10.8 Å². The van der Waals surface area contributed by atoms with Crippen LogP contribution in [0.1, 0.15) is 37.8 Å². The van der Waals surface area contributed by atoms with Gasteiger partial charge in [0.05, 0.1) is 12.6 Å². The normalized spacial score (nSPS) is 16.7. The zero-order valence-electron chi connectivity index (χ0n) is 16.4. The molecule has 2 N–H and O–H groups in total. The van der Waals surface area contributed by atoms with Crippen LogP contribution in [0.2, 0.25) is 0 Å². The Morgan fingerprint density at radius 2 is 1.85 bits per heavy atom. The Hall–Kier alpha value is -1.62. The Balaban J connectivity index is 0.00000261. The van der Waals surface area contributed by atoms with Gasteiger partial charge in [0.2, 0.25) is 5.91 Å². The second-order valence-corrected chi connectivity index (χ2v) is 7.51. The van der Waals surface area contributed by atoms with E-state index in [1.54, 1.807) is 0 Å². The van der Waals surface area contributed by atoms with Gasteiger partial charge < -0.3 is 10.6 Å². The topological polar surface area (TPSA) is 44.4 Å². The van der Waals surface area contributed by atoms with E-state index in [0.29, 0.717) is 6.54 Å². The molecule has 4 nitrogen and oxygen atoms in total. The van der Waals surface area contributed by atoms with Crippen molar-refractivity contribution >= 4 is 29.1 Å². The number of carbonyl (C=O) groups is 1. The summed E-state index contributed by atoms with van der Waals surface area (Å²) in [7, 11) is 2.01. The number of fused-ring (bicyclic) bond motifs is 1. The average molecular weight is 390 g/mol. The van der Waals surface area contributed by atoms with Gasteiger partial charge in [-0.3, -0.25) is 9.69 Å². The maximum atomic E-state index is 12.4. The lowest BCUT2D eigenvalue weighted by Crippen LogP contribution is -2.42. The van der Waals surface area contributed by atoms with Crippen LogP contribution >= 0.6 is 12.4 Å². The molecule has 1 atom stereocenters. The fraction of sp³-hybridized carbons (Fsp3) is 0.500. The van der Waals surface area contributed by atoms with E-state index in [1.807, 2.05) is 7.05 Å². The van der Waals surface area contributed by atoms with Crippen molar-refractivity contribution in [3.05, 3.63) is 48.0 Å². The zero-order chi connectivity index (χ0) is 18.4. The minimum Gasteiger partial charge on any atom is -0.348 e. The molecule has 0 aromatic heterocycles. The van der Waals surface area contributed by atoms with Crippen molar-refractivity contribution in [1.29, 1.82) is 0 Å². The van der Waals surface area contributed by atoms with E-state index in [9.17, 15) is 4.79 Å². The SMILES string of the molecule is CNCCC1CCN(CC(=O)NC(C)c2ccc3ccccc3c2)CC1.Cl. The molecule has 0 spiro atoms. The highest BCUT2D eigenvalue weighted by Gasteiger charge is 2.21. The highest BCUT2D eigenvalue weighted by atomic mass is 35.5. The van der Waals surface area contributed by atoms with E-state index >= 15 is 0 Å². The summed E-state index contributed by atoms with van der Waals surface area (Å²) >= 11 is 0. The number of hydrogen-bond acceptors (Lipinski definition) is 3. The summed E-state index contributed by atoms with van der Waals surface area (Å²) in [5.41, 5.74) is 1.16. The fourth-order valence-electron chi connectivity index (χ4n) is 3.83. The summed E-state index contributed by atoms with van der Waals surface area (Å²) in [5.74, 6) is 0.928. The number of rotatable bonds is 7. The van der Waals surface area contributed by atoms with Gasteiger partial charge in [0, 0.05) is 0 Å². The number of halogens is 1. The molecular weight excluding hydrogens is 358 g/mol. The van der Waals surface area contributed by atoms with E-state index in [1.165, 1.54) is 30.0 Å². The van der Waals surface area contributed by atoms with Crippen molar-refractivity contribution in [2.75, 3.05) is 33.2 Å². The van der Waals surface area contributed by atoms with Crippen molar-refractivity contribution in [3.63, 3.8) is 0 Å². The molecule has 1 heterocycles. The van der Waals surface area contributed by atoms with Crippen LogP contribution in [-0.4, -0.2) is 44.0 Å². The molecule has 1 saturated heterocycles. The van der Waals surface area contributed by atoms with Crippen LogP contribution in [-0.2, 0) is 4.79 Å². The van der Waals surface area contributed by atoms with Crippen molar-refractivity contribution in [2.45, 2.75) is 32.2 Å². The molecule has 2 aromatic rings. The van der Waals surface area contributed by atoms with Crippen molar-refractivity contribution in [2.24, 2.45) is 5.92 Å². The molecule has 0 bridgehead atoms. The monoisotopic (exact) mass is 389 g/mol. The fourth-order valence-corrected chi connectivity index (χ4v) is 3.83. The van der Waals surface area contributed by atoms with Gasteiger partial charge in [0.25, 0.3) is 0 Å². The predicted octanol–water partition coefficient (Wildman–Crippen LogP) is 3.76. The van der Waals surface area contributed by atoms with E-state index in [4.69, 9.17) is 0 Å². The van der Waals surface area contributed by atoms with Gasteiger partial charge in [-0.2, -0.15) is 0 Å². The lowest BCUT2D eigenvalue weighted by molar-refractivity contribution is -0.123. The number of likely N-dealkylation sites (tertiary alicyclic amines) is 1. The van der Waals surface area contributed by atoms with Gasteiger partial charge in [-0.15, -0.1) is 12.4 Å². The van der Waals surface area contributed by atoms with Gasteiger partial charge in [-0.05, 0) is 81.2 Å². The molecule has 2 aromatic carbocycles. The van der Waals surface area contributed by atoms with E-state index < -0.39 is 0 Å². The molecule has 1 aliphatic heterocycles. The first-order chi connectivity index (χ1) is 12.7. The summed E-state index contributed by atoms with van der Waals surface area (Å²) < 4.78 is 0. The standard InChI is InChI=1S/C22H31N3O.ClH/c1-17(20-8-7-19-5-3-4-6-21(19)15-20)24-22(26)16-25-13-10-18(11-14-25)9-12-23-2;/h3-8,15,17-18,23H,9-14,16H2,1-2H3,(H,24,26);1H. The number of carbonyl (C=O) groups excluding carboxylic acids is 1. The second-order valence-electron chi connectivity index (χ2n) is 7.51. The Morgan fingerprint density at radius 3 is 2.56 bits per heavy atom. The average Bonchev–Trinajstić information content (AvgIpc) is 2.67. The van der Waals surface area contributed by atoms with Crippen molar-refractivity contribution < 1.29 is 4.79 Å². The number of nitrogens with one attached hydrogen (secondary N) is 2. The van der Waals surface area contributed by atoms with Crippen LogP contribution in [0.4, 0.5) is 0 Å². The number of hydrogen-bond donors (Lipinski definition) is 2. The van der Waals surface area contributed by atoms with Gasteiger partial charge >= 0.3 is 0 Å². The smallest absolute Gasteiger partial charge is 0.234 e. The second kappa shape index (κ2) is 10.6. The Bertz CT molecular complexity index is 728. The molecule has 5 heteroatoms. The van der Waals surface area contributed by atoms with Crippen molar-refractivity contribution in [3.8, 4) is 0 Å². The molecule has 1 aliphatic rings. The third-order valence-corrected chi connectivity index (χ3v) is 5.53. The Kier molecular flexibility index (Phi) is 8.55. The summed E-state index contributed by atoms with van der Waals surface area (Å²) in [6.45, 7) is 5.73. The minimum atomic E-state index is 0. The third-order valence-electron chi connectivity index (χ3n) is 5.53. The van der Waals surface area contributed by atoms with Crippen LogP contribution in [0.3, 0.4) is 0 Å². The third kappa shape index (κ3) is 6.20. The molecule has 0 aliphatic carbocycles. The lowest BCUT2D eigenvalue weighted by atomic mass is 9.93. The van der Waals surface area contributed by atoms with Gasteiger partial charge in [0.15, 0.2) is 0 Å². The first kappa shape index (κ1) is 21.7. The summed E-state index contributed by atoms with van der Waals surface area (Å²) in [5, 5.41) is 8.84. The summed E-state index contributed by atoms with van der Waals surface area (Å²) in [6.07, 6.45) is 3.65. The van der Waals surface area contributed by atoms with Gasteiger partial charge in [-0.25, -0.2) is 0 Å². The summed E-state index contributed by atoms with van der Waals surface area (Å²) in [4.78, 5) is 14.7. The molecule has 0 saturated carbocycles. The molecule has 3 rings (SSSR count).